The van der Waals surface area contributed by atoms with Crippen molar-refractivity contribution in [1.82, 2.24) is 0 Å². The van der Waals surface area contributed by atoms with Crippen LogP contribution in [0, 0.1) is 11.7 Å². The maximum atomic E-state index is 13.6. The summed E-state index contributed by atoms with van der Waals surface area (Å²) in [7, 11) is 0. The summed E-state index contributed by atoms with van der Waals surface area (Å²) in [5.41, 5.74) is 6.55. The first-order valence-electron chi connectivity index (χ1n) is 5.24. The first-order chi connectivity index (χ1) is 7.06. The van der Waals surface area contributed by atoms with Crippen molar-refractivity contribution in [1.29, 1.82) is 0 Å². The maximum absolute atomic E-state index is 13.6. The Morgan fingerprint density at radius 1 is 1.47 bits per heavy atom. The van der Waals surface area contributed by atoms with Crippen LogP contribution in [0.4, 0.5) is 4.39 Å². The van der Waals surface area contributed by atoms with Crippen molar-refractivity contribution >= 4 is 11.6 Å². The number of halogens is 2. The van der Waals surface area contributed by atoms with Crippen LogP contribution >= 0.6 is 11.6 Å². The lowest BCUT2D eigenvalue weighted by Gasteiger charge is -2.18. The van der Waals surface area contributed by atoms with Gasteiger partial charge in [0.2, 0.25) is 0 Å². The fourth-order valence-electron chi connectivity index (χ4n) is 1.61. The molecule has 1 nitrogen and oxygen atoms in total. The minimum atomic E-state index is -0.311. The van der Waals surface area contributed by atoms with E-state index in [4.69, 9.17) is 17.3 Å². The molecule has 0 amide bonds. The molecule has 0 radical (unpaired) electrons. The summed E-state index contributed by atoms with van der Waals surface area (Å²) in [6.45, 7) is 4.07. The van der Waals surface area contributed by atoms with Gasteiger partial charge in [-0.25, -0.2) is 4.39 Å². The van der Waals surface area contributed by atoms with Gasteiger partial charge in [-0.1, -0.05) is 37.6 Å². The molecule has 0 heterocycles. The van der Waals surface area contributed by atoms with Crippen molar-refractivity contribution in [3.8, 4) is 0 Å². The van der Waals surface area contributed by atoms with E-state index in [0.29, 0.717) is 12.0 Å². The number of rotatable bonds is 4. The van der Waals surface area contributed by atoms with Crippen LogP contribution in [0.25, 0.3) is 0 Å². The molecule has 0 aliphatic rings. The van der Waals surface area contributed by atoms with E-state index >= 15 is 0 Å². The summed E-state index contributed by atoms with van der Waals surface area (Å²) in [6, 6.07) is 5.21. The van der Waals surface area contributed by atoms with E-state index in [1.807, 2.05) is 13.8 Å². The summed E-state index contributed by atoms with van der Waals surface area (Å²) < 4.78 is 13.6. The lowest BCUT2D eigenvalue weighted by molar-refractivity contribution is 0.434. The minimum Gasteiger partial charge on any atom is -0.327 e. The maximum Gasteiger partial charge on any atom is 0.144 e. The molecule has 2 N–H and O–H groups in total. The minimum absolute atomic E-state index is 0.114. The highest BCUT2D eigenvalue weighted by Gasteiger charge is 2.14. The van der Waals surface area contributed by atoms with Gasteiger partial charge in [0.15, 0.2) is 0 Å². The SMILES string of the molecule is CCC(N)C(C)Cc1cccc(Cl)c1F. The fraction of sp³-hybridized carbons (Fsp3) is 0.500. The second kappa shape index (κ2) is 5.47. The van der Waals surface area contributed by atoms with Gasteiger partial charge in [-0.2, -0.15) is 0 Å². The monoisotopic (exact) mass is 229 g/mol. The summed E-state index contributed by atoms with van der Waals surface area (Å²) in [5, 5.41) is 0.185. The third kappa shape index (κ3) is 3.18. The number of nitrogens with two attached hydrogens (primary N) is 1. The van der Waals surface area contributed by atoms with Crippen molar-refractivity contribution in [3.05, 3.63) is 34.6 Å². The molecule has 2 unspecified atom stereocenters. The second-order valence-corrected chi connectivity index (χ2v) is 4.37. The highest BCUT2D eigenvalue weighted by Crippen LogP contribution is 2.21. The highest BCUT2D eigenvalue weighted by molar-refractivity contribution is 6.30. The molecule has 15 heavy (non-hydrogen) atoms. The molecule has 0 saturated carbocycles. The molecule has 0 bridgehead atoms. The van der Waals surface area contributed by atoms with E-state index in [2.05, 4.69) is 0 Å². The predicted molar refractivity (Wildman–Crippen MR) is 62.5 cm³/mol. The molecule has 1 rings (SSSR count). The van der Waals surface area contributed by atoms with E-state index in [1.54, 1.807) is 18.2 Å². The molecular weight excluding hydrogens is 213 g/mol. The summed E-state index contributed by atoms with van der Waals surface area (Å²) in [6.07, 6.45) is 1.55. The Morgan fingerprint density at radius 2 is 2.13 bits per heavy atom. The van der Waals surface area contributed by atoms with Gasteiger partial charge in [-0.15, -0.1) is 0 Å². The molecule has 0 aliphatic carbocycles. The van der Waals surface area contributed by atoms with Crippen molar-refractivity contribution in [3.63, 3.8) is 0 Å². The normalized spacial score (nSPS) is 15.0. The van der Waals surface area contributed by atoms with Crippen LogP contribution in [0.2, 0.25) is 5.02 Å². The van der Waals surface area contributed by atoms with Gasteiger partial charge in [0.1, 0.15) is 5.82 Å². The summed E-state index contributed by atoms with van der Waals surface area (Å²) in [5.74, 6) is -0.0442. The van der Waals surface area contributed by atoms with Crippen molar-refractivity contribution < 1.29 is 4.39 Å². The Kier molecular flexibility index (Phi) is 4.55. The average molecular weight is 230 g/mol. The van der Waals surface area contributed by atoms with E-state index in [-0.39, 0.29) is 22.8 Å². The van der Waals surface area contributed by atoms with Crippen LogP contribution in [0.5, 0.6) is 0 Å². The van der Waals surface area contributed by atoms with Gasteiger partial charge in [0.05, 0.1) is 5.02 Å². The van der Waals surface area contributed by atoms with Gasteiger partial charge >= 0.3 is 0 Å². The lowest BCUT2D eigenvalue weighted by Crippen LogP contribution is -2.28. The van der Waals surface area contributed by atoms with Crippen LogP contribution in [-0.2, 0) is 6.42 Å². The zero-order valence-corrected chi connectivity index (χ0v) is 9.89. The van der Waals surface area contributed by atoms with Crippen molar-refractivity contribution in [2.45, 2.75) is 32.7 Å². The Hall–Kier alpha value is -0.600. The second-order valence-electron chi connectivity index (χ2n) is 3.97. The fourth-order valence-corrected chi connectivity index (χ4v) is 1.80. The van der Waals surface area contributed by atoms with Crippen molar-refractivity contribution in [2.24, 2.45) is 11.7 Å². The molecule has 0 saturated heterocycles. The average Bonchev–Trinajstić information content (AvgIpc) is 2.23. The molecule has 84 valence electrons. The van der Waals surface area contributed by atoms with E-state index in [1.165, 1.54) is 0 Å². The predicted octanol–water partition coefficient (Wildman–Crippen LogP) is 3.40. The van der Waals surface area contributed by atoms with Gasteiger partial charge < -0.3 is 5.73 Å². The molecule has 3 heteroatoms. The molecule has 2 atom stereocenters. The molecule has 0 spiro atoms. The molecule has 0 aliphatic heterocycles. The molecule has 0 fully saturated rings. The third-order valence-corrected chi connectivity index (χ3v) is 3.07. The molecule has 1 aromatic rings. The molecule has 1 aromatic carbocycles. The first kappa shape index (κ1) is 12.5. The highest BCUT2D eigenvalue weighted by atomic mass is 35.5. The van der Waals surface area contributed by atoms with Crippen LogP contribution in [0.3, 0.4) is 0 Å². The van der Waals surface area contributed by atoms with Crippen molar-refractivity contribution in [2.75, 3.05) is 0 Å². The summed E-state index contributed by atoms with van der Waals surface area (Å²) in [4.78, 5) is 0. The van der Waals surface area contributed by atoms with Gasteiger partial charge in [-0.3, -0.25) is 0 Å². The van der Waals surface area contributed by atoms with E-state index in [0.717, 1.165) is 6.42 Å². The van der Waals surface area contributed by atoms with Crippen LogP contribution in [0.15, 0.2) is 18.2 Å². The molecular formula is C12H17ClFN. The standard InChI is InChI=1S/C12H17ClFN/c1-3-11(15)8(2)7-9-5-4-6-10(13)12(9)14/h4-6,8,11H,3,7,15H2,1-2H3. The molecule has 0 aromatic heterocycles. The zero-order chi connectivity index (χ0) is 11.4. The lowest BCUT2D eigenvalue weighted by atomic mass is 9.93. The largest absolute Gasteiger partial charge is 0.327 e. The van der Waals surface area contributed by atoms with Gasteiger partial charge in [0.25, 0.3) is 0 Å². The first-order valence-corrected chi connectivity index (χ1v) is 5.62. The Labute approximate surface area is 95.4 Å². The van der Waals surface area contributed by atoms with Gasteiger partial charge in [0, 0.05) is 6.04 Å². The number of hydrogen-bond donors (Lipinski definition) is 1. The Morgan fingerprint density at radius 3 is 2.73 bits per heavy atom. The van der Waals surface area contributed by atoms with Crippen LogP contribution in [-0.4, -0.2) is 6.04 Å². The Balaban J connectivity index is 2.76. The smallest absolute Gasteiger partial charge is 0.144 e. The van der Waals surface area contributed by atoms with Crippen LogP contribution < -0.4 is 5.73 Å². The van der Waals surface area contributed by atoms with E-state index < -0.39 is 0 Å². The van der Waals surface area contributed by atoms with E-state index in [9.17, 15) is 4.39 Å². The number of benzene rings is 1. The Bertz CT molecular complexity index is 327. The topological polar surface area (TPSA) is 26.0 Å². The summed E-state index contributed by atoms with van der Waals surface area (Å²) >= 11 is 5.70. The number of hydrogen-bond acceptors (Lipinski definition) is 1. The van der Waals surface area contributed by atoms with Crippen LogP contribution in [0.1, 0.15) is 25.8 Å². The quantitative estimate of drug-likeness (QED) is 0.842. The zero-order valence-electron chi connectivity index (χ0n) is 9.13. The third-order valence-electron chi connectivity index (χ3n) is 2.78. The van der Waals surface area contributed by atoms with Gasteiger partial charge in [-0.05, 0) is 30.4 Å².